The minimum Gasteiger partial charge on any atom is -0.508 e. The lowest BCUT2D eigenvalue weighted by Gasteiger charge is -2.26. The third kappa shape index (κ3) is 4.52. The quantitative estimate of drug-likeness (QED) is 0.491. The average molecular weight is 475 g/mol. The molecule has 0 radical (unpaired) electrons. The van der Waals surface area contributed by atoms with Gasteiger partial charge in [-0.15, -0.1) is 5.10 Å². The number of ether oxygens (including phenoxy) is 1. The molecular weight excluding hydrogens is 448 g/mol. The van der Waals surface area contributed by atoms with E-state index in [2.05, 4.69) is 15.1 Å². The van der Waals surface area contributed by atoms with Crippen LogP contribution in [0.4, 0.5) is 0 Å². The van der Waals surface area contributed by atoms with Gasteiger partial charge in [-0.2, -0.15) is 3.97 Å². The fourth-order valence-corrected chi connectivity index (χ4v) is 5.19. The average Bonchev–Trinajstić information content (AvgIpc) is 3.16. The van der Waals surface area contributed by atoms with E-state index in [1.807, 2.05) is 19.9 Å². The number of aromatic nitrogens is 3. The Morgan fingerprint density at radius 3 is 2.45 bits per heavy atom. The lowest BCUT2D eigenvalue weighted by Crippen LogP contribution is -2.35. The summed E-state index contributed by atoms with van der Waals surface area (Å²) in [6, 6.07) is 8.18. The molecule has 0 spiro atoms. The van der Waals surface area contributed by atoms with Gasteiger partial charge in [0.1, 0.15) is 11.5 Å². The summed E-state index contributed by atoms with van der Waals surface area (Å²) < 4.78 is 33.0. The van der Waals surface area contributed by atoms with Crippen molar-refractivity contribution in [1.82, 2.24) is 19.1 Å². The van der Waals surface area contributed by atoms with Crippen LogP contribution in [0.2, 0.25) is 0 Å². The Hall–Kier alpha value is -3.15. The van der Waals surface area contributed by atoms with Gasteiger partial charge in [0.25, 0.3) is 10.0 Å². The predicted molar refractivity (Wildman–Crippen MR) is 120 cm³/mol. The Bertz CT molecular complexity index is 1270. The van der Waals surface area contributed by atoms with E-state index in [1.54, 1.807) is 12.1 Å². The number of phenolic OH excluding ortho intramolecular Hbond substituents is 2. The van der Waals surface area contributed by atoms with Crippen LogP contribution in [0, 0.1) is 0 Å². The SMILES string of the molecule is CC(C)c1cc(-c2nnc(O)n2S(=O)(=O)c2cccc(CN3CCOCC3)c2)c(O)cc1O. The fraction of sp³-hybridized carbons (Fsp3) is 0.364. The van der Waals surface area contributed by atoms with Crippen molar-refractivity contribution in [3.63, 3.8) is 0 Å². The Balaban J connectivity index is 1.76. The predicted octanol–water partition coefficient (Wildman–Crippen LogP) is 2.25. The Kier molecular flexibility index (Phi) is 6.28. The molecule has 3 aromatic rings. The van der Waals surface area contributed by atoms with Crippen LogP contribution in [0.25, 0.3) is 11.4 Å². The van der Waals surface area contributed by atoms with Gasteiger partial charge in [-0.05, 0) is 35.2 Å². The lowest BCUT2D eigenvalue weighted by molar-refractivity contribution is 0.0341. The number of morpholine rings is 1. The summed E-state index contributed by atoms with van der Waals surface area (Å²) in [6.45, 7) is 7.01. The van der Waals surface area contributed by atoms with E-state index in [4.69, 9.17) is 4.74 Å². The third-order valence-electron chi connectivity index (χ3n) is 5.56. The van der Waals surface area contributed by atoms with Crippen molar-refractivity contribution in [1.29, 1.82) is 0 Å². The van der Waals surface area contributed by atoms with Crippen molar-refractivity contribution in [2.24, 2.45) is 0 Å². The van der Waals surface area contributed by atoms with E-state index in [9.17, 15) is 23.7 Å². The molecule has 0 saturated carbocycles. The molecule has 0 aliphatic carbocycles. The maximum Gasteiger partial charge on any atom is 0.329 e. The van der Waals surface area contributed by atoms with E-state index in [1.165, 1.54) is 12.1 Å². The maximum absolute atomic E-state index is 13.5. The van der Waals surface area contributed by atoms with E-state index >= 15 is 0 Å². The van der Waals surface area contributed by atoms with Gasteiger partial charge in [0, 0.05) is 25.7 Å². The molecule has 0 bridgehead atoms. The molecule has 33 heavy (non-hydrogen) atoms. The van der Waals surface area contributed by atoms with Crippen LogP contribution < -0.4 is 0 Å². The molecule has 1 fully saturated rings. The number of phenols is 2. The molecule has 0 amide bonds. The Morgan fingerprint density at radius 1 is 1.03 bits per heavy atom. The Labute approximate surface area is 191 Å². The molecule has 2 heterocycles. The van der Waals surface area contributed by atoms with E-state index in [-0.39, 0.29) is 33.7 Å². The molecular formula is C22H26N4O6S. The van der Waals surface area contributed by atoms with E-state index in [0.717, 1.165) is 24.7 Å². The molecule has 1 aliphatic heterocycles. The molecule has 11 heteroatoms. The van der Waals surface area contributed by atoms with Gasteiger partial charge in [-0.1, -0.05) is 31.1 Å². The first-order valence-electron chi connectivity index (χ1n) is 10.5. The highest BCUT2D eigenvalue weighted by atomic mass is 32.2. The zero-order valence-electron chi connectivity index (χ0n) is 18.3. The van der Waals surface area contributed by atoms with Crippen LogP contribution in [0.3, 0.4) is 0 Å². The molecule has 1 aliphatic rings. The van der Waals surface area contributed by atoms with Crippen LogP contribution in [-0.4, -0.2) is 69.1 Å². The summed E-state index contributed by atoms with van der Waals surface area (Å²) in [4.78, 5) is 2.12. The van der Waals surface area contributed by atoms with Crippen LogP contribution in [0.1, 0.15) is 30.9 Å². The first kappa shape index (κ1) is 23.0. The summed E-state index contributed by atoms with van der Waals surface area (Å²) in [5.41, 5.74) is 1.31. The first-order valence-corrected chi connectivity index (χ1v) is 12.0. The van der Waals surface area contributed by atoms with Crippen molar-refractivity contribution in [3.8, 4) is 28.9 Å². The monoisotopic (exact) mass is 474 g/mol. The zero-order valence-corrected chi connectivity index (χ0v) is 19.2. The van der Waals surface area contributed by atoms with Gasteiger partial charge in [-0.3, -0.25) is 4.90 Å². The van der Waals surface area contributed by atoms with Crippen molar-refractivity contribution < 1.29 is 28.5 Å². The molecule has 176 valence electrons. The molecule has 1 aromatic heterocycles. The van der Waals surface area contributed by atoms with Gasteiger partial charge in [0.2, 0.25) is 0 Å². The zero-order chi connectivity index (χ0) is 23.8. The Morgan fingerprint density at radius 2 is 1.76 bits per heavy atom. The first-order chi connectivity index (χ1) is 15.7. The van der Waals surface area contributed by atoms with Crippen LogP contribution in [0.15, 0.2) is 41.3 Å². The smallest absolute Gasteiger partial charge is 0.329 e. The van der Waals surface area contributed by atoms with Crippen molar-refractivity contribution in [3.05, 3.63) is 47.5 Å². The number of aromatic hydroxyl groups is 3. The molecule has 3 N–H and O–H groups in total. The van der Waals surface area contributed by atoms with E-state index < -0.39 is 16.0 Å². The number of nitrogens with zero attached hydrogens (tertiary/aromatic N) is 4. The van der Waals surface area contributed by atoms with Gasteiger partial charge >= 0.3 is 6.01 Å². The van der Waals surface area contributed by atoms with Gasteiger partial charge in [-0.25, -0.2) is 8.42 Å². The second-order valence-corrected chi connectivity index (χ2v) is 10.00. The minimum absolute atomic E-state index is 0.0253. The second-order valence-electron chi connectivity index (χ2n) is 8.21. The molecule has 0 atom stereocenters. The second kappa shape index (κ2) is 9.00. The van der Waals surface area contributed by atoms with Gasteiger partial charge < -0.3 is 20.1 Å². The topological polar surface area (TPSA) is 138 Å². The van der Waals surface area contributed by atoms with Crippen LogP contribution in [-0.2, 0) is 21.3 Å². The third-order valence-corrected chi connectivity index (χ3v) is 7.23. The van der Waals surface area contributed by atoms with Crippen LogP contribution >= 0.6 is 0 Å². The van der Waals surface area contributed by atoms with Crippen molar-refractivity contribution in [2.75, 3.05) is 26.3 Å². The number of rotatable bonds is 6. The van der Waals surface area contributed by atoms with E-state index in [0.29, 0.717) is 29.3 Å². The largest absolute Gasteiger partial charge is 0.508 e. The standard InChI is InChI=1S/C22H26N4O6S/c1-14(2)17-11-18(20(28)12-19(17)27)21-23-24-22(29)26(21)33(30,31)16-5-3-4-15(10-16)13-25-6-8-32-9-7-25/h3-5,10-12,14,27-28H,6-9,13H2,1-2H3,(H,24,29). The summed E-state index contributed by atoms with van der Waals surface area (Å²) >= 11 is 0. The normalized spacial score (nSPS) is 15.2. The van der Waals surface area contributed by atoms with Crippen LogP contribution in [0.5, 0.6) is 17.5 Å². The summed E-state index contributed by atoms with van der Waals surface area (Å²) in [7, 11) is -4.30. The highest BCUT2D eigenvalue weighted by molar-refractivity contribution is 7.90. The van der Waals surface area contributed by atoms with Crippen molar-refractivity contribution in [2.45, 2.75) is 31.2 Å². The number of hydrogen-bond donors (Lipinski definition) is 3. The molecule has 10 nitrogen and oxygen atoms in total. The summed E-state index contributed by atoms with van der Waals surface area (Å²) in [5.74, 6) is -0.879. The molecule has 0 unspecified atom stereocenters. The highest BCUT2D eigenvalue weighted by Gasteiger charge is 2.29. The molecule has 1 saturated heterocycles. The fourth-order valence-electron chi connectivity index (χ4n) is 3.82. The minimum atomic E-state index is -4.30. The maximum atomic E-state index is 13.5. The summed E-state index contributed by atoms with van der Waals surface area (Å²) in [6.07, 6.45) is 0. The highest BCUT2D eigenvalue weighted by Crippen LogP contribution is 2.39. The number of hydrogen-bond acceptors (Lipinski definition) is 9. The summed E-state index contributed by atoms with van der Waals surface area (Å²) in [5, 5.41) is 38.2. The molecule has 2 aromatic carbocycles. The number of benzene rings is 2. The van der Waals surface area contributed by atoms with Crippen molar-refractivity contribution >= 4 is 10.0 Å². The van der Waals surface area contributed by atoms with Gasteiger partial charge in [0.15, 0.2) is 5.82 Å². The lowest BCUT2D eigenvalue weighted by atomic mass is 9.98. The molecule has 4 rings (SSSR count). The van der Waals surface area contributed by atoms with Gasteiger partial charge in [0.05, 0.1) is 23.7 Å².